The molecular weight excluding hydrogens is 170 g/mol. The number of Topliss-reactive ketones (excluding diaryl/α,β-unsaturated/α-hetero) is 1. The van der Waals surface area contributed by atoms with Crippen molar-refractivity contribution in [1.29, 1.82) is 0 Å². The Hall–Kier alpha value is -0.450. The Morgan fingerprint density at radius 2 is 2.00 bits per heavy atom. The van der Waals surface area contributed by atoms with Crippen LogP contribution in [0.4, 0.5) is 0 Å². The largest absolute Gasteiger partial charge is 0.383 e. The molecule has 13 heavy (non-hydrogen) atoms. The number of rotatable bonds is 7. The van der Waals surface area contributed by atoms with Gasteiger partial charge in [0, 0.05) is 20.3 Å². The van der Waals surface area contributed by atoms with Gasteiger partial charge in [0.1, 0.15) is 6.61 Å². The first-order chi connectivity index (χ1) is 6.11. The Labute approximate surface area is 79.8 Å². The van der Waals surface area contributed by atoms with Gasteiger partial charge in [-0.05, 0) is 14.0 Å². The van der Waals surface area contributed by atoms with Gasteiger partial charge in [0.25, 0.3) is 0 Å². The normalized spacial score (nSPS) is 13.3. The van der Waals surface area contributed by atoms with Crippen LogP contribution in [0.25, 0.3) is 0 Å². The Balaban J connectivity index is 3.71. The second-order valence-corrected chi connectivity index (χ2v) is 3.19. The molecule has 0 aliphatic carbocycles. The molecule has 0 N–H and O–H groups in total. The fraction of sp³-hybridized carbons (Fsp3) is 0.889. The molecule has 78 valence electrons. The van der Waals surface area contributed by atoms with Crippen LogP contribution in [0.5, 0.6) is 0 Å². The Morgan fingerprint density at radius 1 is 1.38 bits per heavy atom. The number of carbonyl (C=O) groups excluding carboxylic acids is 1. The maximum atomic E-state index is 11.2. The third kappa shape index (κ3) is 5.74. The number of methoxy groups -OCH3 is 2. The molecular formula is C9H19NO3. The third-order valence-electron chi connectivity index (χ3n) is 1.89. The molecule has 0 aliphatic heterocycles. The highest BCUT2D eigenvalue weighted by molar-refractivity contribution is 5.81. The topological polar surface area (TPSA) is 38.8 Å². The zero-order valence-corrected chi connectivity index (χ0v) is 8.87. The highest BCUT2D eigenvalue weighted by Crippen LogP contribution is 1.95. The highest BCUT2D eigenvalue weighted by Gasteiger charge is 2.12. The lowest BCUT2D eigenvalue weighted by Crippen LogP contribution is -2.37. The molecule has 0 rings (SSSR count). The fourth-order valence-electron chi connectivity index (χ4n) is 1.01. The van der Waals surface area contributed by atoms with Gasteiger partial charge in [-0.3, -0.25) is 9.69 Å². The van der Waals surface area contributed by atoms with Crippen molar-refractivity contribution in [2.75, 3.05) is 41.0 Å². The minimum absolute atomic E-state index is 0.0907. The van der Waals surface area contributed by atoms with E-state index in [9.17, 15) is 4.79 Å². The first kappa shape index (κ1) is 12.6. The third-order valence-corrected chi connectivity index (χ3v) is 1.89. The van der Waals surface area contributed by atoms with E-state index >= 15 is 0 Å². The molecule has 0 amide bonds. The lowest BCUT2D eigenvalue weighted by molar-refractivity contribution is -0.124. The van der Waals surface area contributed by atoms with Crippen molar-refractivity contribution >= 4 is 5.78 Å². The van der Waals surface area contributed by atoms with Crippen LogP contribution in [0.2, 0.25) is 0 Å². The molecule has 0 aromatic carbocycles. The number of hydrogen-bond donors (Lipinski definition) is 0. The minimum Gasteiger partial charge on any atom is -0.383 e. The number of ketones is 1. The van der Waals surface area contributed by atoms with Crippen molar-refractivity contribution in [3.05, 3.63) is 0 Å². The van der Waals surface area contributed by atoms with Gasteiger partial charge < -0.3 is 9.47 Å². The second-order valence-electron chi connectivity index (χ2n) is 3.19. The maximum absolute atomic E-state index is 11.2. The number of ether oxygens (including phenoxy) is 2. The summed E-state index contributed by atoms with van der Waals surface area (Å²) in [6.45, 7) is 3.25. The molecule has 0 aromatic rings. The first-order valence-electron chi connectivity index (χ1n) is 4.31. The Bertz CT molecular complexity index is 150. The average Bonchev–Trinajstić information content (AvgIpc) is 2.05. The van der Waals surface area contributed by atoms with E-state index in [0.717, 1.165) is 0 Å². The molecule has 0 spiro atoms. The minimum atomic E-state index is 0.0907. The van der Waals surface area contributed by atoms with Gasteiger partial charge in [0.05, 0.1) is 13.2 Å². The Morgan fingerprint density at radius 3 is 2.46 bits per heavy atom. The van der Waals surface area contributed by atoms with E-state index in [0.29, 0.717) is 13.2 Å². The predicted molar refractivity (Wildman–Crippen MR) is 50.9 cm³/mol. The van der Waals surface area contributed by atoms with Gasteiger partial charge >= 0.3 is 0 Å². The van der Waals surface area contributed by atoms with Crippen LogP contribution >= 0.6 is 0 Å². The van der Waals surface area contributed by atoms with Crippen LogP contribution in [0, 0.1) is 0 Å². The van der Waals surface area contributed by atoms with Crippen molar-refractivity contribution in [3.8, 4) is 0 Å². The fourth-order valence-corrected chi connectivity index (χ4v) is 1.01. The quantitative estimate of drug-likeness (QED) is 0.572. The summed E-state index contributed by atoms with van der Waals surface area (Å²) in [5, 5.41) is 0. The van der Waals surface area contributed by atoms with Crippen LogP contribution in [-0.2, 0) is 14.3 Å². The highest BCUT2D eigenvalue weighted by atomic mass is 16.5. The molecule has 4 nitrogen and oxygen atoms in total. The van der Waals surface area contributed by atoms with Gasteiger partial charge in [-0.2, -0.15) is 0 Å². The summed E-state index contributed by atoms with van der Waals surface area (Å²) >= 11 is 0. The molecule has 0 saturated heterocycles. The summed E-state index contributed by atoms with van der Waals surface area (Å²) in [6.07, 6.45) is 0. The van der Waals surface area contributed by atoms with E-state index in [-0.39, 0.29) is 18.4 Å². The molecule has 0 aliphatic rings. The lowest BCUT2D eigenvalue weighted by atomic mass is 10.3. The Kier molecular flexibility index (Phi) is 6.76. The maximum Gasteiger partial charge on any atom is 0.172 e. The predicted octanol–water partition coefficient (Wildman–Crippen LogP) is 0.169. The van der Waals surface area contributed by atoms with Gasteiger partial charge in [0.15, 0.2) is 5.78 Å². The van der Waals surface area contributed by atoms with E-state index in [4.69, 9.17) is 9.47 Å². The zero-order valence-electron chi connectivity index (χ0n) is 8.87. The van der Waals surface area contributed by atoms with E-state index in [1.165, 1.54) is 7.11 Å². The van der Waals surface area contributed by atoms with Crippen LogP contribution in [0.3, 0.4) is 0 Å². The van der Waals surface area contributed by atoms with Gasteiger partial charge in [-0.15, -0.1) is 0 Å². The van der Waals surface area contributed by atoms with Gasteiger partial charge in [0.2, 0.25) is 0 Å². The average molecular weight is 189 g/mol. The summed E-state index contributed by atoms with van der Waals surface area (Å²) in [4.78, 5) is 13.1. The van der Waals surface area contributed by atoms with E-state index in [2.05, 4.69) is 0 Å². The van der Waals surface area contributed by atoms with Crippen LogP contribution in [-0.4, -0.2) is 57.8 Å². The van der Waals surface area contributed by atoms with Crippen LogP contribution in [0.15, 0.2) is 0 Å². The number of carbonyl (C=O) groups is 1. The standard InChI is InChI=1S/C9H19NO3/c1-8(6-12-3)10(2)5-9(11)7-13-4/h8H,5-7H2,1-4H3. The molecule has 0 radical (unpaired) electrons. The molecule has 4 heteroatoms. The smallest absolute Gasteiger partial charge is 0.172 e. The van der Waals surface area contributed by atoms with E-state index < -0.39 is 0 Å². The van der Waals surface area contributed by atoms with Gasteiger partial charge in [-0.1, -0.05) is 0 Å². The number of hydrogen-bond acceptors (Lipinski definition) is 4. The van der Waals surface area contributed by atoms with Crippen molar-refractivity contribution in [3.63, 3.8) is 0 Å². The van der Waals surface area contributed by atoms with E-state index in [1.807, 2.05) is 18.9 Å². The molecule has 1 unspecified atom stereocenters. The summed E-state index contributed by atoms with van der Waals surface area (Å²) in [6, 6.07) is 0.255. The summed E-state index contributed by atoms with van der Waals surface area (Å²) in [5.74, 6) is 0.0907. The monoisotopic (exact) mass is 189 g/mol. The summed E-state index contributed by atoms with van der Waals surface area (Å²) < 4.78 is 9.72. The van der Waals surface area contributed by atoms with Crippen LogP contribution < -0.4 is 0 Å². The molecule has 0 heterocycles. The van der Waals surface area contributed by atoms with Crippen molar-refractivity contribution < 1.29 is 14.3 Å². The molecule has 0 saturated carbocycles. The van der Waals surface area contributed by atoms with Crippen molar-refractivity contribution in [2.24, 2.45) is 0 Å². The molecule has 1 atom stereocenters. The molecule has 0 aromatic heterocycles. The van der Waals surface area contributed by atoms with Gasteiger partial charge in [-0.25, -0.2) is 0 Å². The molecule has 0 fully saturated rings. The summed E-state index contributed by atoms with van der Waals surface area (Å²) in [5.41, 5.74) is 0. The van der Waals surface area contributed by atoms with E-state index in [1.54, 1.807) is 7.11 Å². The second kappa shape index (κ2) is 7.00. The number of nitrogens with zero attached hydrogens (tertiary/aromatic N) is 1. The zero-order chi connectivity index (χ0) is 10.3. The first-order valence-corrected chi connectivity index (χ1v) is 4.31. The molecule has 0 bridgehead atoms. The van der Waals surface area contributed by atoms with Crippen LogP contribution in [0.1, 0.15) is 6.92 Å². The van der Waals surface area contributed by atoms with Crippen molar-refractivity contribution in [1.82, 2.24) is 4.90 Å². The number of likely N-dealkylation sites (N-methyl/N-ethyl adjacent to an activating group) is 1. The SMILES string of the molecule is COCC(=O)CN(C)C(C)COC. The van der Waals surface area contributed by atoms with Crippen molar-refractivity contribution in [2.45, 2.75) is 13.0 Å². The summed E-state index contributed by atoms with van der Waals surface area (Å²) in [7, 11) is 5.08. The lowest BCUT2D eigenvalue weighted by Gasteiger charge is -2.22.